The number of esters is 1. The van der Waals surface area contributed by atoms with Gasteiger partial charge in [-0.05, 0) is 55.8 Å². The SMILES string of the molecule is CCOC(=O)CC(=O)c1ccc(C)c(C(=O)c2ccc(Nc3ccc(F)cc3F)cc2Cl)c1. The normalized spacial score (nSPS) is 10.6. The topological polar surface area (TPSA) is 72.5 Å². The van der Waals surface area contributed by atoms with Crippen molar-refractivity contribution in [1.82, 2.24) is 0 Å². The number of hydrogen-bond acceptors (Lipinski definition) is 5. The summed E-state index contributed by atoms with van der Waals surface area (Å²) in [7, 11) is 0. The molecule has 0 spiro atoms. The van der Waals surface area contributed by atoms with E-state index >= 15 is 0 Å². The second-order valence-corrected chi connectivity index (χ2v) is 7.61. The number of halogens is 3. The highest BCUT2D eigenvalue weighted by Crippen LogP contribution is 2.28. The Morgan fingerprint density at radius 2 is 1.73 bits per heavy atom. The minimum atomic E-state index is -0.772. The summed E-state index contributed by atoms with van der Waals surface area (Å²) in [5.74, 6) is -2.99. The molecule has 0 fully saturated rings. The van der Waals surface area contributed by atoms with Gasteiger partial charge in [-0.1, -0.05) is 23.7 Å². The highest BCUT2D eigenvalue weighted by Gasteiger charge is 2.19. The lowest BCUT2D eigenvalue weighted by Crippen LogP contribution is -2.13. The Morgan fingerprint density at radius 1 is 0.970 bits per heavy atom. The fraction of sp³-hybridized carbons (Fsp3) is 0.160. The van der Waals surface area contributed by atoms with Crippen molar-refractivity contribution in [2.75, 3.05) is 11.9 Å². The smallest absolute Gasteiger partial charge is 0.313 e. The maximum Gasteiger partial charge on any atom is 0.313 e. The van der Waals surface area contributed by atoms with Gasteiger partial charge in [0.25, 0.3) is 0 Å². The van der Waals surface area contributed by atoms with Crippen LogP contribution in [0.3, 0.4) is 0 Å². The fourth-order valence-electron chi connectivity index (χ4n) is 3.15. The number of nitrogens with one attached hydrogen (secondary N) is 1. The van der Waals surface area contributed by atoms with Gasteiger partial charge in [0.05, 0.1) is 17.3 Å². The van der Waals surface area contributed by atoms with Crippen molar-refractivity contribution >= 4 is 40.5 Å². The number of carbonyl (C=O) groups excluding carboxylic acids is 3. The molecular formula is C25H20ClF2NO4. The molecule has 0 aromatic heterocycles. The van der Waals surface area contributed by atoms with E-state index in [1.807, 2.05) is 0 Å². The Balaban J connectivity index is 1.84. The maximum atomic E-state index is 13.9. The summed E-state index contributed by atoms with van der Waals surface area (Å²) in [4.78, 5) is 37.1. The molecule has 3 aromatic carbocycles. The third-order valence-corrected chi connectivity index (χ3v) is 5.15. The number of ether oxygens (including phenoxy) is 1. The van der Waals surface area contributed by atoms with Crippen LogP contribution >= 0.6 is 11.6 Å². The van der Waals surface area contributed by atoms with Crippen LogP contribution in [-0.2, 0) is 9.53 Å². The van der Waals surface area contributed by atoms with Gasteiger partial charge < -0.3 is 10.1 Å². The Morgan fingerprint density at radius 3 is 2.39 bits per heavy atom. The molecule has 0 bridgehead atoms. The lowest BCUT2D eigenvalue weighted by atomic mass is 9.95. The summed E-state index contributed by atoms with van der Waals surface area (Å²) in [6, 6.07) is 12.2. The van der Waals surface area contributed by atoms with Crippen LogP contribution in [0.5, 0.6) is 0 Å². The molecule has 0 saturated heterocycles. The van der Waals surface area contributed by atoms with Crippen molar-refractivity contribution < 1.29 is 27.9 Å². The lowest BCUT2D eigenvalue weighted by molar-refractivity contribution is -0.141. The van der Waals surface area contributed by atoms with Crippen LogP contribution < -0.4 is 5.32 Å². The number of aryl methyl sites for hydroxylation is 1. The van der Waals surface area contributed by atoms with Gasteiger partial charge in [0.2, 0.25) is 0 Å². The maximum absolute atomic E-state index is 13.9. The number of Topliss-reactive ketones (excluding diaryl/α,β-unsaturated/α-hetero) is 1. The summed E-state index contributed by atoms with van der Waals surface area (Å²) in [6.45, 7) is 3.53. The number of ketones is 2. The van der Waals surface area contributed by atoms with Gasteiger partial charge in [-0.2, -0.15) is 0 Å². The molecule has 3 aromatic rings. The molecule has 0 aliphatic heterocycles. The monoisotopic (exact) mass is 471 g/mol. The first-order valence-electron chi connectivity index (χ1n) is 10.1. The van der Waals surface area contributed by atoms with E-state index in [2.05, 4.69) is 5.32 Å². The number of carbonyl (C=O) groups is 3. The minimum absolute atomic E-state index is 0.0511. The molecule has 5 nitrogen and oxygen atoms in total. The van der Waals surface area contributed by atoms with Gasteiger partial charge in [-0.3, -0.25) is 14.4 Å². The number of hydrogen-bond donors (Lipinski definition) is 1. The van der Waals surface area contributed by atoms with E-state index in [1.165, 1.54) is 30.3 Å². The molecule has 8 heteroatoms. The zero-order valence-corrected chi connectivity index (χ0v) is 18.6. The van der Waals surface area contributed by atoms with Gasteiger partial charge in [-0.15, -0.1) is 0 Å². The molecule has 0 saturated carbocycles. The van der Waals surface area contributed by atoms with Crippen LogP contribution in [0.1, 0.15) is 45.2 Å². The van der Waals surface area contributed by atoms with Crippen molar-refractivity contribution in [3.8, 4) is 0 Å². The third-order valence-electron chi connectivity index (χ3n) is 4.84. The average Bonchev–Trinajstić information content (AvgIpc) is 2.76. The molecule has 0 unspecified atom stereocenters. The largest absolute Gasteiger partial charge is 0.466 e. The second kappa shape index (κ2) is 10.4. The molecule has 3 rings (SSSR count). The van der Waals surface area contributed by atoms with E-state index in [-0.39, 0.29) is 34.0 Å². The fourth-order valence-corrected chi connectivity index (χ4v) is 3.42. The molecule has 0 aliphatic rings. The highest BCUT2D eigenvalue weighted by molar-refractivity contribution is 6.35. The summed E-state index contributed by atoms with van der Waals surface area (Å²) in [5.41, 5.74) is 1.72. The second-order valence-electron chi connectivity index (χ2n) is 7.21. The summed E-state index contributed by atoms with van der Waals surface area (Å²) >= 11 is 6.32. The van der Waals surface area contributed by atoms with Gasteiger partial charge in [-0.25, -0.2) is 8.78 Å². The molecule has 33 heavy (non-hydrogen) atoms. The van der Waals surface area contributed by atoms with E-state index < -0.39 is 35.6 Å². The highest BCUT2D eigenvalue weighted by atomic mass is 35.5. The Hall–Kier alpha value is -3.58. The molecule has 0 amide bonds. The molecule has 0 aliphatic carbocycles. The van der Waals surface area contributed by atoms with Crippen molar-refractivity contribution in [2.45, 2.75) is 20.3 Å². The summed E-state index contributed by atoms with van der Waals surface area (Å²) in [5, 5.41) is 2.89. The molecule has 0 atom stereocenters. The third kappa shape index (κ3) is 5.81. The van der Waals surface area contributed by atoms with Crippen molar-refractivity contribution in [1.29, 1.82) is 0 Å². The van der Waals surface area contributed by atoms with Crippen LogP contribution in [0.25, 0.3) is 0 Å². The van der Waals surface area contributed by atoms with Crippen molar-refractivity contribution in [3.63, 3.8) is 0 Å². The predicted molar refractivity (Wildman–Crippen MR) is 121 cm³/mol. The van der Waals surface area contributed by atoms with Crippen LogP contribution in [0.4, 0.5) is 20.2 Å². The first-order valence-corrected chi connectivity index (χ1v) is 10.4. The van der Waals surface area contributed by atoms with Crippen LogP contribution in [-0.4, -0.2) is 24.1 Å². The van der Waals surface area contributed by atoms with Crippen molar-refractivity contribution in [2.24, 2.45) is 0 Å². The van der Waals surface area contributed by atoms with E-state index in [4.69, 9.17) is 16.3 Å². The van der Waals surface area contributed by atoms with Crippen LogP contribution in [0.2, 0.25) is 5.02 Å². The van der Waals surface area contributed by atoms with E-state index in [0.29, 0.717) is 11.3 Å². The number of rotatable bonds is 8. The molecule has 1 N–H and O–H groups in total. The average molecular weight is 472 g/mol. The van der Waals surface area contributed by atoms with Gasteiger partial charge in [0.15, 0.2) is 11.6 Å². The Kier molecular flexibility index (Phi) is 7.55. The minimum Gasteiger partial charge on any atom is -0.466 e. The number of benzene rings is 3. The van der Waals surface area contributed by atoms with Crippen LogP contribution in [0.15, 0.2) is 54.6 Å². The summed E-state index contributed by atoms with van der Waals surface area (Å²) in [6.07, 6.45) is -0.425. The quantitative estimate of drug-likeness (QED) is 0.246. The zero-order valence-electron chi connectivity index (χ0n) is 17.9. The van der Waals surface area contributed by atoms with Crippen LogP contribution in [0, 0.1) is 18.6 Å². The van der Waals surface area contributed by atoms with E-state index in [9.17, 15) is 23.2 Å². The molecule has 0 radical (unpaired) electrons. The molecule has 0 heterocycles. The predicted octanol–water partition coefficient (Wildman–Crippen LogP) is 6.04. The molecule has 170 valence electrons. The van der Waals surface area contributed by atoms with Gasteiger partial charge in [0.1, 0.15) is 18.1 Å². The first kappa shape index (κ1) is 24.1. The Bertz CT molecular complexity index is 1240. The van der Waals surface area contributed by atoms with Gasteiger partial charge in [0, 0.05) is 28.4 Å². The first-order chi connectivity index (χ1) is 15.7. The lowest BCUT2D eigenvalue weighted by Gasteiger charge is -2.12. The zero-order chi connectivity index (χ0) is 24.1. The molecular weight excluding hydrogens is 452 g/mol. The standard InChI is InChI=1S/C25H20ClF2NO4/c1-3-33-24(31)13-23(30)15-5-4-14(2)19(10-15)25(32)18-8-7-17(12-20(18)26)29-22-9-6-16(27)11-21(22)28/h4-12,29H,3,13H2,1-2H3. The van der Waals surface area contributed by atoms with Crippen molar-refractivity contribution in [3.05, 3.63) is 93.5 Å². The number of anilines is 2. The van der Waals surface area contributed by atoms with E-state index in [1.54, 1.807) is 26.0 Å². The van der Waals surface area contributed by atoms with E-state index in [0.717, 1.165) is 12.1 Å². The summed E-state index contributed by atoms with van der Waals surface area (Å²) < 4.78 is 31.8. The Labute approximate surface area is 194 Å². The van der Waals surface area contributed by atoms with Gasteiger partial charge >= 0.3 is 5.97 Å².